The number of nitrogen functional groups attached to an aromatic ring is 1. The zero-order valence-electron chi connectivity index (χ0n) is 11.4. The van der Waals surface area contributed by atoms with Crippen LogP contribution in [0.2, 0.25) is 0 Å². The van der Waals surface area contributed by atoms with Crippen molar-refractivity contribution in [1.29, 1.82) is 0 Å². The second kappa shape index (κ2) is 5.10. The molecule has 1 aromatic heterocycles. The fourth-order valence-electron chi connectivity index (χ4n) is 2.18. The fourth-order valence-corrected chi connectivity index (χ4v) is 2.18. The number of nitrogens with two attached hydrogens (primary N) is 1. The van der Waals surface area contributed by atoms with Crippen molar-refractivity contribution in [3.8, 4) is 0 Å². The summed E-state index contributed by atoms with van der Waals surface area (Å²) in [5, 5.41) is 3.37. The smallest absolute Gasteiger partial charge is 0.134 e. The number of hydrogen-bond acceptors (Lipinski definition) is 5. The van der Waals surface area contributed by atoms with Gasteiger partial charge in [0.2, 0.25) is 0 Å². The highest BCUT2D eigenvalue weighted by Gasteiger charge is 2.36. The van der Waals surface area contributed by atoms with Crippen LogP contribution in [0.1, 0.15) is 37.6 Å². The normalized spacial score (nSPS) is 17.3. The summed E-state index contributed by atoms with van der Waals surface area (Å²) in [7, 11) is 1.78. The van der Waals surface area contributed by atoms with Gasteiger partial charge in [-0.3, -0.25) is 0 Å². The predicted octanol–water partition coefficient (Wildman–Crippen LogP) is 1.91. The molecule has 100 valence electrons. The zero-order chi connectivity index (χ0) is 13.2. The van der Waals surface area contributed by atoms with Crippen molar-refractivity contribution in [1.82, 2.24) is 9.97 Å². The maximum atomic E-state index is 5.89. The number of ether oxygens (including phenoxy) is 1. The van der Waals surface area contributed by atoms with Gasteiger partial charge in [-0.2, -0.15) is 0 Å². The molecule has 3 N–H and O–H groups in total. The fraction of sp³-hybridized carbons (Fsp3) is 0.692. The average molecular weight is 250 g/mol. The number of rotatable bonds is 5. The Morgan fingerprint density at radius 1 is 1.39 bits per heavy atom. The van der Waals surface area contributed by atoms with Crippen molar-refractivity contribution in [2.45, 2.75) is 45.1 Å². The maximum Gasteiger partial charge on any atom is 0.134 e. The first-order valence-corrected chi connectivity index (χ1v) is 6.52. The van der Waals surface area contributed by atoms with Gasteiger partial charge in [-0.05, 0) is 26.2 Å². The lowest BCUT2D eigenvalue weighted by Gasteiger charge is -2.40. The lowest BCUT2D eigenvalue weighted by molar-refractivity contribution is -0.0601. The lowest BCUT2D eigenvalue weighted by atomic mass is 9.80. The molecule has 0 aliphatic heterocycles. The summed E-state index contributed by atoms with van der Waals surface area (Å²) in [4.78, 5) is 8.74. The molecule has 5 heteroatoms. The van der Waals surface area contributed by atoms with Crippen LogP contribution in [-0.2, 0) is 11.2 Å². The van der Waals surface area contributed by atoms with E-state index in [-0.39, 0.29) is 5.60 Å². The van der Waals surface area contributed by atoms with E-state index in [1.54, 1.807) is 7.11 Å². The lowest BCUT2D eigenvalue weighted by Crippen LogP contribution is -2.45. The third-order valence-corrected chi connectivity index (χ3v) is 3.82. The van der Waals surface area contributed by atoms with Gasteiger partial charge in [0.05, 0.1) is 5.60 Å². The van der Waals surface area contributed by atoms with Gasteiger partial charge in [-0.1, -0.05) is 6.92 Å². The van der Waals surface area contributed by atoms with Crippen molar-refractivity contribution >= 4 is 11.6 Å². The van der Waals surface area contributed by atoms with Crippen LogP contribution in [0.3, 0.4) is 0 Å². The van der Waals surface area contributed by atoms with E-state index < -0.39 is 0 Å². The summed E-state index contributed by atoms with van der Waals surface area (Å²) in [5.41, 5.74) is 6.79. The molecule has 0 unspecified atom stereocenters. The number of nitrogens with zero attached hydrogens (tertiary/aromatic N) is 2. The topological polar surface area (TPSA) is 73.1 Å². The molecule has 0 bridgehead atoms. The first kappa shape index (κ1) is 13.1. The van der Waals surface area contributed by atoms with E-state index in [1.165, 1.54) is 6.42 Å². The number of anilines is 2. The minimum Gasteiger partial charge on any atom is -0.383 e. The van der Waals surface area contributed by atoms with Crippen molar-refractivity contribution < 1.29 is 4.74 Å². The molecule has 2 rings (SSSR count). The summed E-state index contributed by atoms with van der Waals surface area (Å²) in [6, 6.07) is 0. The van der Waals surface area contributed by atoms with Crippen LogP contribution in [0.15, 0.2) is 0 Å². The molecule has 0 spiro atoms. The molecule has 0 radical (unpaired) electrons. The Morgan fingerprint density at radius 2 is 2.11 bits per heavy atom. The molecule has 0 saturated heterocycles. The van der Waals surface area contributed by atoms with Crippen molar-refractivity contribution in [2.75, 3.05) is 24.7 Å². The van der Waals surface area contributed by atoms with Gasteiger partial charge in [0, 0.05) is 25.6 Å². The van der Waals surface area contributed by atoms with E-state index in [4.69, 9.17) is 10.5 Å². The van der Waals surface area contributed by atoms with E-state index in [2.05, 4.69) is 15.3 Å². The highest BCUT2D eigenvalue weighted by atomic mass is 16.5. The molecule has 1 aromatic rings. The van der Waals surface area contributed by atoms with Gasteiger partial charge in [0.25, 0.3) is 0 Å². The number of nitrogens with one attached hydrogen (secondary N) is 1. The Balaban J connectivity index is 2.11. The van der Waals surface area contributed by atoms with E-state index in [1.807, 2.05) is 13.8 Å². The van der Waals surface area contributed by atoms with Crippen LogP contribution in [0.5, 0.6) is 0 Å². The molecule has 1 aliphatic carbocycles. The second-order valence-electron chi connectivity index (χ2n) is 4.95. The van der Waals surface area contributed by atoms with Gasteiger partial charge in [-0.15, -0.1) is 0 Å². The highest BCUT2D eigenvalue weighted by molar-refractivity contribution is 5.55. The van der Waals surface area contributed by atoms with Gasteiger partial charge in [0.15, 0.2) is 0 Å². The molecular weight excluding hydrogens is 228 g/mol. The number of methoxy groups -OCH3 is 1. The standard InChI is InChI=1S/C13H22N4O/c1-4-10-16-11(14)9(2)12(17-10)15-8-13(18-3)6-5-7-13/h4-8H2,1-3H3,(H3,14,15,16,17). The van der Waals surface area contributed by atoms with Crippen molar-refractivity contribution in [3.63, 3.8) is 0 Å². The van der Waals surface area contributed by atoms with Crippen LogP contribution < -0.4 is 11.1 Å². The summed E-state index contributed by atoms with van der Waals surface area (Å²) >= 11 is 0. The zero-order valence-corrected chi connectivity index (χ0v) is 11.4. The summed E-state index contributed by atoms with van der Waals surface area (Å²) in [5.74, 6) is 2.17. The Kier molecular flexibility index (Phi) is 3.71. The Morgan fingerprint density at radius 3 is 2.61 bits per heavy atom. The summed E-state index contributed by atoms with van der Waals surface area (Å²) in [6.45, 7) is 4.75. The molecule has 5 nitrogen and oxygen atoms in total. The highest BCUT2D eigenvalue weighted by Crippen LogP contribution is 2.35. The largest absolute Gasteiger partial charge is 0.383 e. The first-order chi connectivity index (χ1) is 8.60. The molecule has 1 saturated carbocycles. The minimum absolute atomic E-state index is 0.0153. The van der Waals surface area contributed by atoms with Crippen LogP contribution in [0, 0.1) is 6.92 Å². The second-order valence-corrected chi connectivity index (χ2v) is 4.95. The predicted molar refractivity (Wildman–Crippen MR) is 72.6 cm³/mol. The average Bonchev–Trinajstić information content (AvgIpc) is 2.33. The molecule has 18 heavy (non-hydrogen) atoms. The molecule has 1 heterocycles. The minimum atomic E-state index is -0.0153. The van der Waals surface area contributed by atoms with Crippen LogP contribution >= 0.6 is 0 Å². The van der Waals surface area contributed by atoms with Gasteiger partial charge >= 0.3 is 0 Å². The monoisotopic (exact) mass is 250 g/mol. The van der Waals surface area contributed by atoms with Crippen LogP contribution in [0.4, 0.5) is 11.6 Å². The van der Waals surface area contributed by atoms with Gasteiger partial charge in [-0.25, -0.2) is 9.97 Å². The van der Waals surface area contributed by atoms with E-state index in [0.717, 1.165) is 43.0 Å². The molecule has 1 aliphatic rings. The van der Waals surface area contributed by atoms with Gasteiger partial charge < -0.3 is 15.8 Å². The summed E-state index contributed by atoms with van der Waals surface area (Å²) in [6.07, 6.45) is 4.24. The van der Waals surface area contributed by atoms with E-state index in [9.17, 15) is 0 Å². The SMILES string of the molecule is CCc1nc(N)c(C)c(NCC2(OC)CCC2)n1. The van der Waals surface area contributed by atoms with Crippen molar-refractivity contribution in [2.24, 2.45) is 0 Å². The molecule has 0 aromatic carbocycles. The summed E-state index contributed by atoms with van der Waals surface area (Å²) < 4.78 is 5.59. The Labute approximate surface area is 108 Å². The van der Waals surface area contributed by atoms with Crippen molar-refractivity contribution in [3.05, 3.63) is 11.4 Å². The quantitative estimate of drug-likeness (QED) is 0.835. The molecule has 1 fully saturated rings. The van der Waals surface area contributed by atoms with Gasteiger partial charge in [0.1, 0.15) is 17.5 Å². The first-order valence-electron chi connectivity index (χ1n) is 6.52. The number of aryl methyl sites for hydroxylation is 1. The third-order valence-electron chi connectivity index (χ3n) is 3.82. The molecule has 0 atom stereocenters. The Hall–Kier alpha value is -1.36. The van der Waals surface area contributed by atoms with Crippen LogP contribution in [-0.4, -0.2) is 29.2 Å². The third kappa shape index (κ3) is 2.41. The molecular formula is C13H22N4O. The van der Waals surface area contributed by atoms with E-state index in [0.29, 0.717) is 5.82 Å². The van der Waals surface area contributed by atoms with E-state index >= 15 is 0 Å². The maximum absolute atomic E-state index is 5.89. The number of aromatic nitrogens is 2. The molecule has 0 amide bonds. The van der Waals surface area contributed by atoms with Crippen LogP contribution in [0.25, 0.3) is 0 Å². The Bertz CT molecular complexity index is 424. The number of hydrogen-bond donors (Lipinski definition) is 2.